The van der Waals surface area contributed by atoms with Crippen LogP contribution in [0.5, 0.6) is 0 Å². The number of nitrogens with one attached hydrogen (secondary N) is 1. The van der Waals surface area contributed by atoms with Crippen LogP contribution in [0.4, 0.5) is 0 Å². The van der Waals surface area contributed by atoms with Crippen molar-refractivity contribution in [1.29, 1.82) is 0 Å². The van der Waals surface area contributed by atoms with Gasteiger partial charge in [0.2, 0.25) is 5.91 Å². The van der Waals surface area contributed by atoms with Crippen LogP contribution >= 0.6 is 0 Å². The quantitative estimate of drug-likeness (QED) is 0.806. The SMILES string of the molecule is Cc1cc(C(=O)N[C@@H]2CCN(CC(=O)N(C)C)C[C@H]2O)cc(C)n1. The molecule has 7 heteroatoms. The number of amides is 2. The van der Waals surface area contributed by atoms with Gasteiger partial charge in [0.1, 0.15) is 0 Å². The van der Waals surface area contributed by atoms with Crippen molar-refractivity contribution in [2.75, 3.05) is 33.7 Å². The summed E-state index contributed by atoms with van der Waals surface area (Å²) in [5.41, 5.74) is 2.13. The molecule has 7 nitrogen and oxygen atoms in total. The fourth-order valence-corrected chi connectivity index (χ4v) is 2.86. The predicted octanol–water partition coefficient (Wildman–Crippen LogP) is -0.0484. The second kappa shape index (κ2) is 7.72. The smallest absolute Gasteiger partial charge is 0.251 e. The van der Waals surface area contributed by atoms with E-state index in [-0.39, 0.29) is 24.4 Å². The molecule has 2 amide bonds. The summed E-state index contributed by atoms with van der Waals surface area (Å²) in [4.78, 5) is 31.8. The molecule has 0 unspecified atom stereocenters. The van der Waals surface area contributed by atoms with Crippen LogP contribution in [0.15, 0.2) is 12.1 Å². The van der Waals surface area contributed by atoms with Gasteiger partial charge in [-0.2, -0.15) is 0 Å². The van der Waals surface area contributed by atoms with Crippen LogP contribution in [0.25, 0.3) is 0 Å². The number of β-amino-alcohol motifs (C(OH)–C–C–N with tert-alkyl or cyclic N) is 1. The maximum absolute atomic E-state index is 12.4. The number of likely N-dealkylation sites (tertiary alicyclic amines) is 1. The Morgan fingerprint density at radius 1 is 1.33 bits per heavy atom. The molecule has 2 rings (SSSR count). The number of aliphatic hydroxyl groups excluding tert-OH is 1. The molecule has 1 saturated heterocycles. The highest BCUT2D eigenvalue weighted by molar-refractivity contribution is 5.94. The van der Waals surface area contributed by atoms with Crippen molar-refractivity contribution in [3.05, 3.63) is 29.1 Å². The van der Waals surface area contributed by atoms with Crippen molar-refractivity contribution < 1.29 is 14.7 Å². The number of likely N-dealkylation sites (N-methyl/N-ethyl adjacent to an activating group) is 1. The molecule has 1 aliphatic heterocycles. The number of pyridine rings is 1. The topological polar surface area (TPSA) is 85.8 Å². The Balaban J connectivity index is 1.92. The average Bonchev–Trinajstić information content (AvgIpc) is 2.48. The van der Waals surface area contributed by atoms with Gasteiger partial charge >= 0.3 is 0 Å². The minimum absolute atomic E-state index is 0.00687. The van der Waals surface area contributed by atoms with E-state index in [0.29, 0.717) is 25.1 Å². The Labute approximate surface area is 142 Å². The minimum atomic E-state index is -0.693. The fourth-order valence-electron chi connectivity index (χ4n) is 2.86. The predicted molar refractivity (Wildman–Crippen MR) is 90.7 cm³/mol. The van der Waals surface area contributed by atoms with Crippen molar-refractivity contribution in [2.24, 2.45) is 0 Å². The van der Waals surface area contributed by atoms with E-state index < -0.39 is 6.10 Å². The summed E-state index contributed by atoms with van der Waals surface area (Å²) in [6, 6.07) is 3.16. The highest BCUT2D eigenvalue weighted by Gasteiger charge is 2.30. The monoisotopic (exact) mass is 334 g/mol. The second-order valence-electron chi connectivity index (χ2n) is 6.60. The number of carbonyl (C=O) groups excluding carboxylic acids is 2. The van der Waals surface area contributed by atoms with Gasteiger partial charge in [-0.1, -0.05) is 0 Å². The zero-order valence-corrected chi connectivity index (χ0v) is 14.7. The molecular formula is C17H26N4O3. The van der Waals surface area contributed by atoms with Crippen molar-refractivity contribution in [3.63, 3.8) is 0 Å². The summed E-state index contributed by atoms with van der Waals surface area (Å²) in [5, 5.41) is 13.2. The number of rotatable bonds is 4. The standard InChI is InChI=1S/C17H26N4O3/c1-11-7-13(8-12(2)18-11)17(24)19-14-5-6-21(9-15(14)22)10-16(23)20(3)4/h7-8,14-15,22H,5-6,9-10H2,1-4H3,(H,19,24)/t14-,15-/m1/s1. The first kappa shape index (κ1) is 18.4. The number of aliphatic hydroxyl groups is 1. The molecule has 0 aliphatic carbocycles. The Kier molecular flexibility index (Phi) is 5.90. The average molecular weight is 334 g/mol. The second-order valence-corrected chi connectivity index (χ2v) is 6.60. The molecule has 1 aromatic rings. The van der Waals surface area contributed by atoms with E-state index in [1.165, 1.54) is 4.90 Å². The van der Waals surface area contributed by atoms with Crippen LogP contribution in [0.2, 0.25) is 0 Å². The third kappa shape index (κ3) is 4.75. The van der Waals surface area contributed by atoms with E-state index in [1.807, 2.05) is 18.7 Å². The van der Waals surface area contributed by atoms with Crippen molar-refractivity contribution in [3.8, 4) is 0 Å². The van der Waals surface area contributed by atoms with E-state index in [1.54, 1.807) is 26.2 Å². The molecular weight excluding hydrogens is 308 g/mol. The number of piperidine rings is 1. The first-order valence-corrected chi connectivity index (χ1v) is 8.13. The lowest BCUT2D eigenvalue weighted by atomic mass is 10.0. The summed E-state index contributed by atoms with van der Waals surface area (Å²) < 4.78 is 0. The van der Waals surface area contributed by atoms with Gasteiger partial charge in [0.25, 0.3) is 5.91 Å². The molecule has 2 atom stereocenters. The molecule has 132 valence electrons. The van der Waals surface area contributed by atoms with Crippen LogP contribution in [-0.2, 0) is 4.79 Å². The minimum Gasteiger partial charge on any atom is -0.390 e. The van der Waals surface area contributed by atoms with Crippen LogP contribution in [-0.4, -0.2) is 77.6 Å². The van der Waals surface area contributed by atoms with Gasteiger partial charge in [0, 0.05) is 44.1 Å². The van der Waals surface area contributed by atoms with E-state index in [9.17, 15) is 14.7 Å². The number of hydrogen-bond acceptors (Lipinski definition) is 5. The molecule has 0 aromatic carbocycles. The first-order valence-electron chi connectivity index (χ1n) is 8.13. The number of hydrogen-bond donors (Lipinski definition) is 2. The van der Waals surface area contributed by atoms with Gasteiger partial charge in [-0.3, -0.25) is 19.5 Å². The van der Waals surface area contributed by atoms with Gasteiger partial charge in [-0.25, -0.2) is 0 Å². The van der Waals surface area contributed by atoms with Crippen molar-refractivity contribution in [2.45, 2.75) is 32.4 Å². The molecule has 1 aromatic heterocycles. The zero-order chi connectivity index (χ0) is 17.9. The molecule has 1 fully saturated rings. The number of aromatic nitrogens is 1. The maximum atomic E-state index is 12.4. The van der Waals surface area contributed by atoms with E-state index in [2.05, 4.69) is 10.3 Å². The zero-order valence-electron chi connectivity index (χ0n) is 14.7. The number of nitrogens with zero attached hydrogens (tertiary/aromatic N) is 3. The third-order valence-corrected chi connectivity index (χ3v) is 4.18. The molecule has 2 heterocycles. The normalized spacial score (nSPS) is 21.4. The molecule has 1 aliphatic rings. The third-order valence-electron chi connectivity index (χ3n) is 4.18. The summed E-state index contributed by atoms with van der Waals surface area (Å²) in [7, 11) is 3.43. The van der Waals surface area contributed by atoms with Gasteiger partial charge in [0.05, 0.1) is 18.7 Å². The molecule has 0 radical (unpaired) electrons. The van der Waals surface area contributed by atoms with Crippen LogP contribution in [0, 0.1) is 13.8 Å². The molecule has 0 bridgehead atoms. The van der Waals surface area contributed by atoms with E-state index in [4.69, 9.17) is 0 Å². The summed E-state index contributed by atoms with van der Waals surface area (Å²) in [6.45, 7) is 5.01. The Morgan fingerprint density at radius 2 is 1.96 bits per heavy atom. The Hall–Kier alpha value is -1.99. The largest absolute Gasteiger partial charge is 0.390 e. The molecule has 0 spiro atoms. The Morgan fingerprint density at radius 3 is 2.50 bits per heavy atom. The highest BCUT2D eigenvalue weighted by Crippen LogP contribution is 2.13. The van der Waals surface area contributed by atoms with Gasteiger partial charge in [-0.15, -0.1) is 0 Å². The van der Waals surface area contributed by atoms with E-state index in [0.717, 1.165) is 11.4 Å². The fraction of sp³-hybridized carbons (Fsp3) is 0.588. The highest BCUT2D eigenvalue weighted by atomic mass is 16.3. The molecule has 0 saturated carbocycles. The Bertz CT molecular complexity index is 598. The lowest BCUT2D eigenvalue weighted by Crippen LogP contribution is -2.55. The summed E-state index contributed by atoms with van der Waals surface area (Å²) in [5.74, 6) is -0.196. The number of aryl methyl sites for hydroxylation is 2. The summed E-state index contributed by atoms with van der Waals surface area (Å²) in [6.07, 6.45) is -0.0851. The summed E-state index contributed by atoms with van der Waals surface area (Å²) >= 11 is 0. The maximum Gasteiger partial charge on any atom is 0.251 e. The van der Waals surface area contributed by atoms with Crippen molar-refractivity contribution in [1.82, 2.24) is 20.1 Å². The number of carbonyl (C=O) groups is 2. The van der Waals surface area contributed by atoms with Crippen molar-refractivity contribution >= 4 is 11.8 Å². The van der Waals surface area contributed by atoms with Gasteiger partial charge in [-0.05, 0) is 32.4 Å². The molecule has 2 N–H and O–H groups in total. The van der Waals surface area contributed by atoms with E-state index >= 15 is 0 Å². The lowest BCUT2D eigenvalue weighted by molar-refractivity contribution is -0.130. The van der Waals surface area contributed by atoms with Crippen LogP contribution in [0.1, 0.15) is 28.2 Å². The van der Waals surface area contributed by atoms with Crippen LogP contribution < -0.4 is 5.32 Å². The van der Waals surface area contributed by atoms with Gasteiger partial charge < -0.3 is 15.3 Å². The molecule has 24 heavy (non-hydrogen) atoms. The lowest BCUT2D eigenvalue weighted by Gasteiger charge is -2.36. The first-order chi connectivity index (χ1) is 11.3. The van der Waals surface area contributed by atoms with Gasteiger partial charge in [0.15, 0.2) is 0 Å². The van der Waals surface area contributed by atoms with Crippen LogP contribution in [0.3, 0.4) is 0 Å².